The molecule has 0 rings (SSSR count). The van der Waals surface area contributed by atoms with Crippen LogP contribution < -0.4 is 5.64 Å². The minimum atomic E-state index is -1.34. The van der Waals surface area contributed by atoms with Gasteiger partial charge in [0.2, 0.25) is 0 Å². The van der Waals surface area contributed by atoms with Gasteiger partial charge in [0.05, 0.1) is 7.11 Å². The smallest absolute Gasteiger partial charge is 0.313 e. The van der Waals surface area contributed by atoms with Crippen molar-refractivity contribution >= 4 is 0 Å². The van der Waals surface area contributed by atoms with Crippen molar-refractivity contribution < 1.29 is 19.8 Å². The van der Waals surface area contributed by atoms with Gasteiger partial charge >= 0.3 is 5.09 Å². The second kappa shape index (κ2) is 4.84. The van der Waals surface area contributed by atoms with Crippen molar-refractivity contribution in [1.29, 1.82) is 0 Å². The molecule has 0 aromatic rings. The van der Waals surface area contributed by atoms with Crippen LogP contribution in [-0.2, 0) is 14.7 Å². The van der Waals surface area contributed by atoms with Gasteiger partial charge < -0.3 is 5.21 Å². The molecule has 0 atom stereocenters. The van der Waals surface area contributed by atoms with Crippen molar-refractivity contribution in [2.45, 2.75) is 0 Å². The number of nitrogens with one attached hydrogen (secondary N) is 1. The Morgan fingerprint density at radius 3 is 2.70 bits per heavy atom. The highest BCUT2D eigenvalue weighted by Crippen LogP contribution is 1.84. The molecular weight excluding hydrogens is 150 g/mol. The molecule has 0 unspecified atom stereocenters. The van der Waals surface area contributed by atoms with Crippen molar-refractivity contribution in [2.24, 2.45) is 0 Å². The number of hydrogen-bond acceptors (Lipinski definition) is 8. The zero-order chi connectivity index (χ0) is 7.98. The summed E-state index contributed by atoms with van der Waals surface area (Å²) in [6, 6.07) is 0. The quantitative estimate of drug-likeness (QED) is 0.392. The lowest BCUT2D eigenvalue weighted by Crippen LogP contribution is -2.28. The molecule has 9 heteroatoms. The Morgan fingerprint density at radius 1 is 1.70 bits per heavy atom. The van der Waals surface area contributed by atoms with Gasteiger partial charge in [-0.15, -0.1) is 10.1 Å². The monoisotopic (exact) mass is 154 g/mol. The Kier molecular flexibility index (Phi) is 4.36. The molecule has 9 nitrogen and oxygen atoms in total. The molecule has 0 spiro atoms. The van der Waals surface area contributed by atoms with Gasteiger partial charge in [-0.05, 0) is 0 Å². The third-order valence-electron chi connectivity index (χ3n) is 0.328. The van der Waals surface area contributed by atoms with Crippen LogP contribution in [0.4, 0.5) is 0 Å². The standard InChI is InChI=1S/CH4N3O6/c1-8-2-9-4(7)10-3(5)6/h2H,1H3/q-1. The van der Waals surface area contributed by atoms with Crippen LogP contribution in [0.2, 0.25) is 0 Å². The van der Waals surface area contributed by atoms with Crippen LogP contribution in [0.25, 0.3) is 0 Å². The van der Waals surface area contributed by atoms with Crippen molar-refractivity contribution in [2.75, 3.05) is 7.11 Å². The van der Waals surface area contributed by atoms with Crippen LogP contribution in [0.1, 0.15) is 0 Å². The summed E-state index contributed by atoms with van der Waals surface area (Å²) in [5, 5.41) is 17.1. The molecule has 0 heterocycles. The first-order valence-electron chi connectivity index (χ1n) is 1.91. The van der Waals surface area contributed by atoms with E-state index in [1.54, 1.807) is 0 Å². The van der Waals surface area contributed by atoms with Crippen LogP contribution in [0.3, 0.4) is 0 Å². The van der Waals surface area contributed by atoms with E-state index >= 15 is 0 Å². The summed E-state index contributed by atoms with van der Waals surface area (Å²) in [6.07, 6.45) is 0. The van der Waals surface area contributed by atoms with Gasteiger partial charge in [-0.25, -0.2) is 4.94 Å². The van der Waals surface area contributed by atoms with Crippen molar-refractivity contribution in [3.05, 3.63) is 15.3 Å². The second-order valence-electron chi connectivity index (χ2n) is 0.908. The lowest BCUT2D eigenvalue weighted by molar-refractivity contribution is -0.834. The van der Waals surface area contributed by atoms with Gasteiger partial charge in [0.25, 0.3) is 0 Å². The van der Waals surface area contributed by atoms with Crippen LogP contribution in [0.5, 0.6) is 0 Å². The Balaban J connectivity index is 3.25. The first-order chi connectivity index (χ1) is 4.66. The molecule has 0 saturated carbocycles. The number of hydrogen-bond donors (Lipinski definition) is 1. The van der Waals surface area contributed by atoms with Gasteiger partial charge in [0.15, 0.2) is 0 Å². The first kappa shape index (κ1) is 9.00. The Bertz CT molecular complexity index is 105. The Labute approximate surface area is 54.6 Å². The molecule has 1 N–H and O–H groups in total. The first-order valence-corrected chi connectivity index (χ1v) is 1.91. The molecule has 0 bridgehead atoms. The zero-order valence-corrected chi connectivity index (χ0v) is 4.84. The average Bonchev–Trinajstić information content (AvgIpc) is 1.82. The SMILES string of the molecule is CONON([O-])O[N+](=O)[O-]. The minimum Gasteiger partial charge on any atom is -0.737 e. The van der Waals surface area contributed by atoms with E-state index in [0.29, 0.717) is 0 Å². The molecule has 0 aromatic heterocycles. The maximum absolute atomic E-state index is 9.90. The van der Waals surface area contributed by atoms with Gasteiger partial charge in [-0.1, -0.05) is 11.0 Å². The minimum absolute atomic E-state index is 0.774. The normalized spacial score (nSPS) is 9.90. The van der Waals surface area contributed by atoms with E-state index in [4.69, 9.17) is 0 Å². The predicted molar refractivity (Wildman–Crippen MR) is 24.5 cm³/mol. The van der Waals surface area contributed by atoms with Crippen molar-refractivity contribution in [3.63, 3.8) is 0 Å². The van der Waals surface area contributed by atoms with Crippen molar-refractivity contribution in [3.8, 4) is 0 Å². The van der Waals surface area contributed by atoms with E-state index in [2.05, 4.69) is 14.7 Å². The Hall–Kier alpha value is -1.00. The van der Waals surface area contributed by atoms with E-state index < -0.39 is 10.5 Å². The van der Waals surface area contributed by atoms with E-state index in [-0.39, 0.29) is 0 Å². The summed E-state index contributed by atoms with van der Waals surface area (Å²) in [5.41, 5.74) is 1.54. The van der Waals surface area contributed by atoms with Crippen molar-refractivity contribution in [1.82, 2.24) is 11.0 Å². The summed E-state index contributed by atoms with van der Waals surface area (Å²) in [5.74, 6) is 0. The van der Waals surface area contributed by atoms with Crippen LogP contribution in [0.15, 0.2) is 0 Å². The molecular formula is CH4N3O6-. The lowest BCUT2D eigenvalue weighted by Gasteiger charge is -2.19. The summed E-state index contributed by atoms with van der Waals surface area (Å²) in [4.78, 5) is 20.2. The Morgan fingerprint density at radius 2 is 2.30 bits per heavy atom. The number of rotatable bonds is 5. The largest absolute Gasteiger partial charge is 0.737 e. The summed E-state index contributed by atoms with van der Waals surface area (Å²) in [6.45, 7) is 0. The molecule has 0 aliphatic carbocycles. The van der Waals surface area contributed by atoms with Crippen LogP contribution in [0, 0.1) is 15.3 Å². The fourth-order valence-electron chi connectivity index (χ4n) is 0.139. The molecule has 0 radical (unpaired) electrons. The molecule has 0 aromatic carbocycles. The van der Waals surface area contributed by atoms with Gasteiger partial charge in [-0.2, -0.15) is 4.94 Å². The third-order valence-corrected chi connectivity index (χ3v) is 0.328. The predicted octanol–water partition coefficient (Wildman–Crippen LogP) is -1.09. The number of nitrogens with zero attached hydrogens (tertiary/aromatic N) is 2. The highest BCUT2D eigenvalue weighted by Gasteiger charge is 1.96. The second-order valence-corrected chi connectivity index (χ2v) is 0.908. The molecule has 0 saturated heterocycles. The van der Waals surface area contributed by atoms with Crippen LogP contribution >= 0.6 is 0 Å². The molecule has 60 valence electrons. The molecule has 0 amide bonds. The van der Waals surface area contributed by atoms with E-state index in [1.165, 1.54) is 5.64 Å². The highest BCUT2D eigenvalue weighted by molar-refractivity contribution is 4.09. The fourth-order valence-corrected chi connectivity index (χ4v) is 0.139. The average molecular weight is 154 g/mol. The van der Waals surface area contributed by atoms with Crippen LogP contribution in [-0.4, -0.2) is 17.6 Å². The summed E-state index contributed by atoms with van der Waals surface area (Å²) in [7, 11) is 1.14. The molecule has 10 heavy (non-hydrogen) atoms. The lowest BCUT2D eigenvalue weighted by atomic mass is 11.7. The van der Waals surface area contributed by atoms with Gasteiger partial charge in [0, 0.05) is 0 Å². The maximum atomic E-state index is 9.90. The van der Waals surface area contributed by atoms with E-state index in [1.807, 2.05) is 0 Å². The molecule has 0 aliphatic heterocycles. The topological polar surface area (TPSA) is 109 Å². The third kappa shape index (κ3) is 5.14. The summed E-state index contributed by atoms with van der Waals surface area (Å²) >= 11 is 0. The molecule has 0 fully saturated rings. The highest BCUT2D eigenvalue weighted by atomic mass is 17.3. The van der Waals surface area contributed by atoms with Gasteiger partial charge in [-0.3, -0.25) is 4.84 Å². The zero-order valence-electron chi connectivity index (χ0n) is 4.84. The maximum Gasteiger partial charge on any atom is 0.313 e. The van der Waals surface area contributed by atoms with E-state index in [9.17, 15) is 15.3 Å². The van der Waals surface area contributed by atoms with E-state index in [0.717, 1.165) is 7.11 Å². The summed E-state index contributed by atoms with van der Waals surface area (Å²) < 4.78 is 0. The molecule has 0 aliphatic rings. The fraction of sp³-hybridized carbons (Fsp3) is 1.00. The van der Waals surface area contributed by atoms with Gasteiger partial charge in [0.1, 0.15) is 0 Å².